The molecule has 0 spiro atoms. The van der Waals surface area contributed by atoms with Gasteiger partial charge in [-0.05, 0) is 47.9 Å². The predicted molar refractivity (Wildman–Crippen MR) is 140 cm³/mol. The second kappa shape index (κ2) is 9.48. The number of hydrogen-bond donors (Lipinski definition) is 1. The maximum atomic E-state index is 13.6. The molecule has 2 unspecified atom stereocenters. The molecule has 2 atom stereocenters. The largest absolute Gasteiger partial charge is 0.454 e. The first-order valence-electron chi connectivity index (χ1n) is 12.2. The Labute approximate surface area is 218 Å². The average molecular weight is 521 g/mol. The van der Waals surface area contributed by atoms with Crippen LogP contribution in [0.15, 0.2) is 60.7 Å². The molecule has 0 aliphatic carbocycles. The van der Waals surface area contributed by atoms with Crippen LogP contribution in [0.5, 0.6) is 11.5 Å². The first-order valence-corrected chi connectivity index (χ1v) is 12.6. The van der Waals surface area contributed by atoms with Crippen molar-refractivity contribution in [2.75, 3.05) is 36.2 Å². The highest BCUT2D eigenvalue weighted by Crippen LogP contribution is 2.39. The van der Waals surface area contributed by atoms with Crippen molar-refractivity contribution in [3.63, 3.8) is 0 Å². The van der Waals surface area contributed by atoms with Crippen molar-refractivity contribution < 1.29 is 19.2 Å². The van der Waals surface area contributed by atoms with Crippen LogP contribution in [0.4, 0.5) is 17.1 Å². The van der Waals surface area contributed by atoms with E-state index in [9.17, 15) is 14.9 Å². The van der Waals surface area contributed by atoms with Gasteiger partial charge in [0.1, 0.15) is 0 Å². The molecule has 0 radical (unpaired) electrons. The van der Waals surface area contributed by atoms with Crippen molar-refractivity contribution in [1.29, 1.82) is 0 Å². The summed E-state index contributed by atoms with van der Waals surface area (Å²) in [5, 5.41) is 15.2. The van der Waals surface area contributed by atoms with Crippen molar-refractivity contribution >= 4 is 34.6 Å². The number of amides is 1. The van der Waals surface area contributed by atoms with E-state index < -0.39 is 10.8 Å². The monoisotopic (exact) mass is 520 g/mol. The zero-order chi connectivity index (χ0) is 25.5. The lowest BCUT2D eigenvalue weighted by Gasteiger charge is -2.49. The molecule has 0 bridgehead atoms. The predicted octanol–water partition coefficient (Wildman–Crippen LogP) is 4.16. The molecule has 190 valence electrons. The molecular weight excluding hydrogens is 496 g/mol. The molecule has 0 aromatic heterocycles. The molecule has 3 aromatic carbocycles. The number of nitro groups is 1. The summed E-state index contributed by atoms with van der Waals surface area (Å²) < 4.78 is 10.8. The highest BCUT2D eigenvalue weighted by Gasteiger charge is 2.42. The topological polar surface area (TPSA) is 97.2 Å². The zero-order valence-corrected chi connectivity index (χ0v) is 20.7. The number of para-hydroxylation sites is 1. The van der Waals surface area contributed by atoms with E-state index in [1.807, 2.05) is 48.5 Å². The van der Waals surface area contributed by atoms with Gasteiger partial charge in [0.05, 0.1) is 27.6 Å². The molecule has 3 heterocycles. The standard InChI is InChI=1S/C27H25ClN4O5/c28-21-3-1-2-4-23(21)30-9-10-31-22-7-6-19(32(34)35)12-18(22)13-20(24(31)15-30)27(33)29-14-17-5-8-25-26(11-17)37-16-36-25/h1-8,11-12,20,24H,9-10,13-16H2,(H,29,33). The highest BCUT2D eigenvalue weighted by atomic mass is 35.5. The number of piperazine rings is 1. The summed E-state index contributed by atoms with van der Waals surface area (Å²) >= 11 is 6.50. The van der Waals surface area contributed by atoms with Gasteiger partial charge in [0.15, 0.2) is 11.5 Å². The van der Waals surface area contributed by atoms with Crippen LogP contribution in [-0.4, -0.2) is 43.3 Å². The molecular formula is C27H25ClN4O5. The number of halogens is 1. The first kappa shape index (κ1) is 23.4. The molecule has 1 N–H and O–H groups in total. The molecule has 1 fully saturated rings. The van der Waals surface area contributed by atoms with E-state index in [2.05, 4.69) is 15.1 Å². The van der Waals surface area contributed by atoms with Crippen LogP contribution in [0.2, 0.25) is 5.02 Å². The number of nitro benzene ring substituents is 1. The summed E-state index contributed by atoms with van der Waals surface area (Å²) in [7, 11) is 0. The van der Waals surface area contributed by atoms with Crippen molar-refractivity contribution in [1.82, 2.24) is 5.32 Å². The van der Waals surface area contributed by atoms with Crippen molar-refractivity contribution in [3.05, 3.63) is 86.9 Å². The minimum atomic E-state index is -0.395. The second-order valence-corrected chi connectivity index (χ2v) is 9.85. The SMILES string of the molecule is O=C(NCc1ccc2c(c1)OCO2)C1Cc2cc([N+](=O)[O-])ccc2N2CCN(c3ccccc3Cl)CC12. The third-order valence-electron chi connectivity index (χ3n) is 7.34. The Hall–Kier alpha value is -3.98. The number of rotatable bonds is 5. The summed E-state index contributed by atoms with van der Waals surface area (Å²) in [5.74, 6) is 0.872. The fourth-order valence-corrected chi connectivity index (χ4v) is 5.78. The Morgan fingerprint density at radius 3 is 2.73 bits per heavy atom. The van der Waals surface area contributed by atoms with Crippen LogP contribution in [0.25, 0.3) is 0 Å². The second-order valence-electron chi connectivity index (χ2n) is 9.44. The quantitative estimate of drug-likeness (QED) is 0.398. The summed E-state index contributed by atoms with van der Waals surface area (Å²) in [4.78, 5) is 29.1. The first-order chi connectivity index (χ1) is 18.0. The minimum Gasteiger partial charge on any atom is -0.454 e. The molecule has 1 saturated heterocycles. The summed E-state index contributed by atoms with van der Waals surface area (Å²) in [6, 6.07) is 18.2. The Morgan fingerprint density at radius 2 is 1.89 bits per heavy atom. The van der Waals surface area contributed by atoms with Gasteiger partial charge in [-0.25, -0.2) is 0 Å². The number of nitrogens with zero attached hydrogens (tertiary/aromatic N) is 3. The fraction of sp³-hybridized carbons (Fsp3) is 0.296. The van der Waals surface area contributed by atoms with Gasteiger partial charge < -0.3 is 24.6 Å². The Bertz CT molecular complexity index is 1380. The number of anilines is 2. The molecule has 3 aromatic rings. The number of carbonyl (C=O) groups is 1. The number of non-ortho nitro benzene ring substituents is 1. The van der Waals surface area contributed by atoms with Gasteiger partial charge in [-0.15, -0.1) is 0 Å². The van der Waals surface area contributed by atoms with E-state index in [1.165, 1.54) is 6.07 Å². The number of fused-ring (bicyclic) bond motifs is 4. The minimum absolute atomic E-state index is 0.0337. The van der Waals surface area contributed by atoms with Crippen molar-refractivity contribution in [3.8, 4) is 11.5 Å². The summed E-state index contributed by atoms with van der Waals surface area (Å²) in [5.41, 5.74) is 3.65. The van der Waals surface area contributed by atoms with E-state index in [4.69, 9.17) is 21.1 Å². The number of hydrogen-bond acceptors (Lipinski definition) is 7. The zero-order valence-electron chi connectivity index (χ0n) is 19.9. The Kier molecular flexibility index (Phi) is 6.00. The highest BCUT2D eigenvalue weighted by molar-refractivity contribution is 6.33. The molecule has 10 heteroatoms. The molecule has 1 amide bonds. The lowest BCUT2D eigenvalue weighted by Crippen LogP contribution is -2.61. The van der Waals surface area contributed by atoms with E-state index >= 15 is 0 Å². The summed E-state index contributed by atoms with van der Waals surface area (Å²) in [6.45, 7) is 2.55. The van der Waals surface area contributed by atoms with E-state index in [0.717, 1.165) is 29.0 Å². The smallest absolute Gasteiger partial charge is 0.269 e. The van der Waals surface area contributed by atoms with Gasteiger partial charge in [0, 0.05) is 44.0 Å². The Balaban J connectivity index is 1.27. The van der Waals surface area contributed by atoms with Crippen LogP contribution in [0, 0.1) is 16.0 Å². The number of benzene rings is 3. The van der Waals surface area contributed by atoms with Crippen LogP contribution in [0.3, 0.4) is 0 Å². The van der Waals surface area contributed by atoms with E-state index in [-0.39, 0.29) is 24.4 Å². The third kappa shape index (κ3) is 4.40. The number of carbonyl (C=O) groups excluding carboxylic acids is 1. The lowest BCUT2D eigenvalue weighted by molar-refractivity contribution is -0.384. The maximum absolute atomic E-state index is 13.6. The number of nitrogens with one attached hydrogen (secondary N) is 1. The Morgan fingerprint density at radius 1 is 1.05 bits per heavy atom. The van der Waals surface area contributed by atoms with Gasteiger partial charge in [0.2, 0.25) is 12.7 Å². The van der Waals surface area contributed by atoms with Crippen LogP contribution in [0.1, 0.15) is 11.1 Å². The van der Waals surface area contributed by atoms with Crippen molar-refractivity contribution in [2.45, 2.75) is 19.0 Å². The van der Waals surface area contributed by atoms with Gasteiger partial charge in [-0.1, -0.05) is 29.8 Å². The lowest BCUT2D eigenvalue weighted by atomic mass is 9.83. The van der Waals surface area contributed by atoms with Crippen LogP contribution >= 0.6 is 11.6 Å². The van der Waals surface area contributed by atoms with Gasteiger partial charge in [-0.2, -0.15) is 0 Å². The van der Waals surface area contributed by atoms with Gasteiger partial charge >= 0.3 is 0 Å². The molecule has 3 aliphatic rings. The molecule has 3 aliphatic heterocycles. The maximum Gasteiger partial charge on any atom is 0.269 e. The van der Waals surface area contributed by atoms with Gasteiger partial charge in [0.25, 0.3) is 5.69 Å². The summed E-state index contributed by atoms with van der Waals surface area (Å²) in [6.07, 6.45) is 0.418. The van der Waals surface area contributed by atoms with Crippen molar-refractivity contribution in [2.24, 2.45) is 5.92 Å². The van der Waals surface area contributed by atoms with E-state index in [1.54, 1.807) is 6.07 Å². The average Bonchev–Trinajstić information content (AvgIpc) is 3.39. The fourth-order valence-electron chi connectivity index (χ4n) is 5.52. The van der Waals surface area contributed by atoms with Crippen LogP contribution in [-0.2, 0) is 17.8 Å². The van der Waals surface area contributed by atoms with Crippen LogP contribution < -0.4 is 24.6 Å². The van der Waals surface area contributed by atoms with E-state index in [0.29, 0.717) is 42.6 Å². The van der Waals surface area contributed by atoms with Gasteiger partial charge in [-0.3, -0.25) is 14.9 Å². The molecule has 6 rings (SSSR count). The molecule has 37 heavy (non-hydrogen) atoms. The molecule has 0 saturated carbocycles. The number of ether oxygens (including phenoxy) is 2. The molecule has 9 nitrogen and oxygen atoms in total. The third-order valence-corrected chi connectivity index (χ3v) is 7.66. The normalized spacial score (nSPS) is 19.7.